The van der Waals surface area contributed by atoms with Crippen LogP contribution in [0.1, 0.15) is 45.4 Å². The Labute approximate surface area is 91.8 Å². The minimum absolute atomic E-state index is 0.0858. The van der Waals surface area contributed by atoms with Crippen LogP contribution in [0.5, 0.6) is 0 Å². The van der Waals surface area contributed by atoms with Crippen LogP contribution in [0.3, 0.4) is 0 Å². The molecule has 2 fully saturated rings. The van der Waals surface area contributed by atoms with Crippen LogP contribution in [0.25, 0.3) is 0 Å². The third-order valence-corrected chi connectivity index (χ3v) is 4.16. The molecule has 0 aliphatic heterocycles. The molecule has 2 unspecified atom stereocenters. The predicted octanol–water partition coefficient (Wildman–Crippen LogP) is 1.42. The fourth-order valence-corrected chi connectivity index (χ4v) is 2.74. The van der Waals surface area contributed by atoms with Gasteiger partial charge in [0.25, 0.3) is 0 Å². The topological polar surface area (TPSA) is 55.1 Å². The lowest BCUT2D eigenvalue weighted by molar-refractivity contribution is -0.126. The van der Waals surface area contributed by atoms with Crippen LogP contribution < -0.4 is 11.1 Å². The summed E-state index contributed by atoms with van der Waals surface area (Å²) in [4.78, 5) is 11.9. The molecule has 3 heteroatoms. The second-order valence-corrected chi connectivity index (χ2v) is 5.45. The SMILES string of the molecule is CC1CCCC1C(=O)NCC1(N)CCC1. The van der Waals surface area contributed by atoms with E-state index in [2.05, 4.69) is 12.2 Å². The number of rotatable bonds is 3. The van der Waals surface area contributed by atoms with Gasteiger partial charge in [-0.2, -0.15) is 0 Å². The first-order valence-electron chi connectivity index (χ1n) is 6.17. The van der Waals surface area contributed by atoms with Gasteiger partial charge in [0.1, 0.15) is 0 Å². The van der Waals surface area contributed by atoms with Crippen LogP contribution in [0.2, 0.25) is 0 Å². The summed E-state index contributed by atoms with van der Waals surface area (Å²) in [6.45, 7) is 2.86. The standard InChI is InChI=1S/C12H22N2O/c1-9-4-2-5-10(9)11(15)14-8-12(13)6-3-7-12/h9-10H,2-8,13H2,1H3,(H,14,15). The van der Waals surface area contributed by atoms with Crippen LogP contribution in [0.4, 0.5) is 0 Å². The van der Waals surface area contributed by atoms with Gasteiger partial charge in [0.05, 0.1) is 0 Å². The molecule has 2 aliphatic rings. The highest BCUT2D eigenvalue weighted by Crippen LogP contribution is 2.32. The minimum Gasteiger partial charge on any atom is -0.354 e. The molecule has 0 spiro atoms. The van der Waals surface area contributed by atoms with E-state index in [1.807, 2.05) is 0 Å². The van der Waals surface area contributed by atoms with Gasteiger partial charge in [-0.05, 0) is 38.0 Å². The monoisotopic (exact) mass is 210 g/mol. The van der Waals surface area contributed by atoms with Crippen LogP contribution in [-0.2, 0) is 4.79 Å². The summed E-state index contributed by atoms with van der Waals surface area (Å²) in [5.74, 6) is 1.03. The van der Waals surface area contributed by atoms with E-state index in [0.29, 0.717) is 12.5 Å². The molecule has 0 aromatic rings. The van der Waals surface area contributed by atoms with Crippen molar-refractivity contribution < 1.29 is 4.79 Å². The molecule has 1 amide bonds. The highest BCUT2D eigenvalue weighted by molar-refractivity contribution is 5.79. The maximum absolute atomic E-state index is 11.9. The van der Waals surface area contributed by atoms with Crippen LogP contribution in [0.15, 0.2) is 0 Å². The lowest BCUT2D eigenvalue weighted by Crippen LogP contribution is -2.55. The maximum atomic E-state index is 11.9. The van der Waals surface area contributed by atoms with Gasteiger partial charge in [-0.15, -0.1) is 0 Å². The molecule has 3 nitrogen and oxygen atoms in total. The summed E-state index contributed by atoms with van der Waals surface area (Å²) in [5, 5.41) is 3.03. The zero-order chi connectivity index (χ0) is 10.9. The normalized spacial score (nSPS) is 33.5. The first-order chi connectivity index (χ1) is 7.11. The quantitative estimate of drug-likeness (QED) is 0.740. The molecule has 86 valence electrons. The lowest BCUT2D eigenvalue weighted by atomic mass is 9.77. The number of nitrogens with one attached hydrogen (secondary N) is 1. The van der Waals surface area contributed by atoms with E-state index >= 15 is 0 Å². The summed E-state index contributed by atoms with van der Waals surface area (Å²) < 4.78 is 0. The molecule has 2 rings (SSSR count). The van der Waals surface area contributed by atoms with Gasteiger partial charge < -0.3 is 11.1 Å². The fraction of sp³-hybridized carbons (Fsp3) is 0.917. The highest BCUT2D eigenvalue weighted by atomic mass is 16.1. The van der Waals surface area contributed by atoms with Gasteiger partial charge in [0.15, 0.2) is 0 Å². The largest absolute Gasteiger partial charge is 0.354 e. The molecule has 0 saturated heterocycles. The van der Waals surface area contributed by atoms with E-state index < -0.39 is 0 Å². The van der Waals surface area contributed by atoms with E-state index in [0.717, 1.165) is 19.3 Å². The van der Waals surface area contributed by atoms with E-state index in [9.17, 15) is 4.79 Å². The van der Waals surface area contributed by atoms with Crippen molar-refractivity contribution in [1.82, 2.24) is 5.32 Å². The summed E-state index contributed by atoms with van der Waals surface area (Å²) in [6, 6.07) is 0. The lowest BCUT2D eigenvalue weighted by Gasteiger charge is -2.38. The zero-order valence-corrected chi connectivity index (χ0v) is 9.59. The number of hydrogen-bond acceptors (Lipinski definition) is 2. The van der Waals surface area contributed by atoms with E-state index in [4.69, 9.17) is 5.73 Å². The molecule has 0 bridgehead atoms. The smallest absolute Gasteiger partial charge is 0.223 e. The van der Waals surface area contributed by atoms with Gasteiger partial charge >= 0.3 is 0 Å². The van der Waals surface area contributed by atoms with Crippen molar-refractivity contribution in [1.29, 1.82) is 0 Å². The summed E-state index contributed by atoms with van der Waals surface area (Å²) in [6.07, 6.45) is 6.80. The minimum atomic E-state index is -0.0858. The molecule has 15 heavy (non-hydrogen) atoms. The van der Waals surface area contributed by atoms with Crippen LogP contribution in [-0.4, -0.2) is 18.0 Å². The Morgan fingerprint density at radius 2 is 2.13 bits per heavy atom. The van der Waals surface area contributed by atoms with Crippen molar-refractivity contribution >= 4 is 5.91 Å². The first kappa shape index (κ1) is 10.9. The zero-order valence-electron chi connectivity index (χ0n) is 9.59. The fourth-order valence-electron chi connectivity index (χ4n) is 2.74. The number of nitrogens with two attached hydrogens (primary N) is 1. The van der Waals surface area contributed by atoms with E-state index in [1.54, 1.807) is 0 Å². The number of hydrogen-bond donors (Lipinski definition) is 2. The summed E-state index contributed by atoms with van der Waals surface area (Å²) >= 11 is 0. The maximum Gasteiger partial charge on any atom is 0.223 e. The predicted molar refractivity (Wildman–Crippen MR) is 60.3 cm³/mol. The second kappa shape index (κ2) is 4.12. The average Bonchev–Trinajstić information content (AvgIpc) is 2.58. The van der Waals surface area contributed by atoms with Crippen molar-refractivity contribution in [3.05, 3.63) is 0 Å². The average molecular weight is 210 g/mol. The third-order valence-electron chi connectivity index (χ3n) is 4.16. The second-order valence-electron chi connectivity index (χ2n) is 5.45. The molecule has 3 N–H and O–H groups in total. The van der Waals surface area contributed by atoms with Gasteiger partial charge in [-0.25, -0.2) is 0 Å². The number of carbonyl (C=O) groups excluding carboxylic acids is 1. The molecule has 2 aliphatic carbocycles. The Morgan fingerprint density at radius 1 is 1.40 bits per heavy atom. The first-order valence-corrected chi connectivity index (χ1v) is 6.17. The molecule has 0 aromatic carbocycles. The molecule has 0 radical (unpaired) electrons. The van der Waals surface area contributed by atoms with Gasteiger partial charge in [0.2, 0.25) is 5.91 Å². The molecule has 2 saturated carbocycles. The Bertz CT molecular complexity index is 248. The van der Waals surface area contributed by atoms with E-state index in [1.165, 1.54) is 19.3 Å². The third kappa shape index (κ3) is 2.33. The Hall–Kier alpha value is -0.570. The number of amides is 1. The molecule has 2 atom stereocenters. The molecule has 0 aromatic heterocycles. The van der Waals surface area contributed by atoms with Gasteiger partial charge in [0, 0.05) is 18.0 Å². The number of carbonyl (C=O) groups is 1. The molecule has 0 heterocycles. The van der Waals surface area contributed by atoms with Crippen molar-refractivity contribution in [2.75, 3.05) is 6.54 Å². The Balaban J connectivity index is 1.76. The van der Waals surface area contributed by atoms with Gasteiger partial charge in [-0.1, -0.05) is 13.3 Å². The van der Waals surface area contributed by atoms with Crippen molar-refractivity contribution in [3.63, 3.8) is 0 Å². The van der Waals surface area contributed by atoms with E-state index in [-0.39, 0.29) is 17.4 Å². The summed E-state index contributed by atoms with van der Waals surface area (Å²) in [7, 11) is 0. The van der Waals surface area contributed by atoms with Crippen LogP contribution >= 0.6 is 0 Å². The van der Waals surface area contributed by atoms with Crippen molar-refractivity contribution in [2.24, 2.45) is 17.6 Å². The molecular weight excluding hydrogens is 188 g/mol. The molecular formula is C12H22N2O. The highest BCUT2D eigenvalue weighted by Gasteiger charge is 2.35. The Kier molecular flexibility index (Phi) is 3.01. The van der Waals surface area contributed by atoms with Gasteiger partial charge in [-0.3, -0.25) is 4.79 Å². The summed E-state index contributed by atoms with van der Waals surface area (Å²) in [5.41, 5.74) is 5.98. The van der Waals surface area contributed by atoms with Crippen molar-refractivity contribution in [2.45, 2.75) is 51.0 Å². The Morgan fingerprint density at radius 3 is 2.60 bits per heavy atom. The van der Waals surface area contributed by atoms with Crippen LogP contribution in [0, 0.1) is 11.8 Å². The van der Waals surface area contributed by atoms with Crippen molar-refractivity contribution in [3.8, 4) is 0 Å².